The second-order valence-corrected chi connectivity index (χ2v) is 6.60. The number of halogens is 2. The van der Waals surface area contributed by atoms with Crippen molar-refractivity contribution in [1.82, 2.24) is 19.7 Å². The van der Waals surface area contributed by atoms with Gasteiger partial charge in [-0.05, 0) is 12.1 Å². The van der Waals surface area contributed by atoms with Gasteiger partial charge in [0.1, 0.15) is 24.6 Å². The third kappa shape index (κ3) is 3.17. The first kappa shape index (κ1) is 14.7. The monoisotopic (exact) mass is 342 g/mol. The fourth-order valence-electron chi connectivity index (χ4n) is 2.23. The summed E-state index contributed by atoms with van der Waals surface area (Å²) in [6.45, 7) is 0.879. The van der Waals surface area contributed by atoms with Gasteiger partial charge >= 0.3 is 0 Å². The van der Waals surface area contributed by atoms with E-state index in [4.69, 9.17) is 23.2 Å². The Hall–Kier alpha value is -1.24. The van der Waals surface area contributed by atoms with Gasteiger partial charge in [-0.1, -0.05) is 29.3 Å². The van der Waals surface area contributed by atoms with Gasteiger partial charge in [-0.15, -0.1) is 11.8 Å². The van der Waals surface area contributed by atoms with Crippen molar-refractivity contribution in [3.63, 3.8) is 0 Å². The molecule has 0 saturated carbocycles. The van der Waals surface area contributed by atoms with Gasteiger partial charge in [-0.3, -0.25) is 4.79 Å². The average molecular weight is 343 g/mol. The molecule has 2 heterocycles. The highest BCUT2D eigenvalue weighted by molar-refractivity contribution is 7.99. The van der Waals surface area contributed by atoms with Crippen molar-refractivity contribution in [2.45, 2.75) is 11.9 Å². The third-order valence-electron chi connectivity index (χ3n) is 3.20. The molecule has 2 aromatic rings. The minimum atomic E-state index is -0.0780. The lowest BCUT2D eigenvalue weighted by molar-refractivity contribution is -0.132. The molecule has 8 heteroatoms. The zero-order valence-electron chi connectivity index (χ0n) is 10.9. The summed E-state index contributed by atoms with van der Waals surface area (Å²) in [7, 11) is 0. The van der Waals surface area contributed by atoms with Crippen LogP contribution in [0.2, 0.25) is 10.0 Å². The molecular weight excluding hydrogens is 331 g/mol. The number of nitrogens with zero attached hydrogens (tertiary/aromatic N) is 4. The number of thioether (sulfide) groups is 1. The van der Waals surface area contributed by atoms with Crippen LogP contribution >= 0.6 is 35.0 Å². The standard InChI is InChI=1S/C13H12Cl2N4OS/c14-9-1-2-10(11(15)5-9)13-19(3-4-21-13)12(20)6-18-8-16-7-17-18/h1-2,5,7-8,13H,3-4,6H2. The quantitative estimate of drug-likeness (QED) is 0.860. The lowest BCUT2D eigenvalue weighted by Crippen LogP contribution is -2.33. The van der Waals surface area contributed by atoms with E-state index in [9.17, 15) is 4.79 Å². The molecule has 1 saturated heterocycles. The number of carbonyl (C=O) groups is 1. The van der Waals surface area contributed by atoms with Crippen LogP contribution in [0.25, 0.3) is 0 Å². The largest absolute Gasteiger partial charge is 0.324 e. The van der Waals surface area contributed by atoms with E-state index in [-0.39, 0.29) is 17.8 Å². The summed E-state index contributed by atoms with van der Waals surface area (Å²) in [5, 5.41) is 5.06. The molecule has 0 N–H and O–H groups in total. The van der Waals surface area contributed by atoms with Crippen molar-refractivity contribution in [3.05, 3.63) is 46.5 Å². The van der Waals surface area contributed by atoms with Crippen LogP contribution in [0.1, 0.15) is 10.9 Å². The van der Waals surface area contributed by atoms with Crippen LogP contribution in [-0.2, 0) is 11.3 Å². The Kier molecular flexibility index (Phi) is 4.37. The molecule has 1 amide bonds. The predicted molar refractivity (Wildman–Crippen MR) is 83.4 cm³/mol. The Labute approximate surface area is 136 Å². The average Bonchev–Trinajstić information content (AvgIpc) is 3.09. The highest BCUT2D eigenvalue weighted by Gasteiger charge is 2.32. The minimum Gasteiger partial charge on any atom is -0.324 e. The summed E-state index contributed by atoms with van der Waals surface area (Å²) in [5.41, 5.74) is 0.913. The molecule has 1 fully saturated rings. The van der Waals surface area contributed by atoms with Gasteiger partial charge in [0.25, 0.3) is 0 Å². The zero-order valence-corrected chi connectivity index (χ0v) is 13.3. The normalized spacial score (nSPS) is 18.2. The number of amides is 1. The maximum Gasteiger partial charge on any atom is 0.245 e. The first-order valence-corrected chi connectivity index (χ1v) is 8.14. The van der Waals surface area contributed by atoms with Gasteiger partial charge < -0.3 is 4.90 Å². The summed E-state index contributed by atoms with van der Waals surface area (Å²) in [6.07, 6.45) is 2.95. The highest BCUT2D eigenvalue weighted by atomic mass is 35.5. The molecule has 0 spiro atoms. The van der Waals surface area contributed by atoms with E-state index in [0.29, 0.717) is 16.6 Å². The molecule has 1 unspecified atom stereocenters. The van der Waals surface area contributed by atoms with E-state index in [2.05, 4.69) is 10.1 Å². The molecule has 5 nitrogen and oxygen atoms in total. The lowest BCUT2D eigenvalue weighted by atomic mass is 10.2. The zero-order chi connectivity index (χ0) is 14.8. The molecule has 1 aromatic heterocycles. The summed E-state index contributed by atoms with van der Waals surface area (Å²) in [4.78, 5) is 18.1. The molecule has 1 aromatic carbocycles. The summed E-state index contributed by atoms with van der Waals surface area (Å²) in [6, 6.07) is 5.38. The van der Waals surface area contributed by atoms with Crippen LogP contribution in [0.4, 0.5) is 0 Å². The van der Waals surface area contributed by atoms with E-state index >= 15 is 0 Å². The van der Waals surface area contributed by atoms with Crippen molar-refractivity contribution in [2.24, 2.45) is 0 Å². The van der Waals surface area contributed by atoms with Crippen LogP contribution in [0.3, 0.4) is 0 Å². The van der Waals surface area contributed by atoms with Gasteiger partial charge in [0, 0.05) is 27.9 Å². The van der Waals surface area contributed by atoms with E-state index in [1.165, 1.54) is 17.3 Å². The first-order chi connectivity index (χ1) is 10.1. The summed E-state index contributed by atoms with van der Waals surface area (Å²) in [5.74, 6) is 0.883. The van der Waals surface area contributed by atoms with Crippen LogP contribution in [0.15, 0.2) is 30.9 Å². The van der Waals surface area contributed by atoms with E-state index in [1.54, 1.807) is 23.9 Å². The predicted octanol–water partition coefficient (Wildman–Crippen LogP) is 2.86. The number of aromatic nitrogens is 3. The summed E-state index contributed by atoms with van der Waals surface area (Å²) < 4.78 is 1.52. The van der Waals surface area contributed by atoms with E-state index in [1.807, 2.05) is 11.0 Å². The molecule has 1 aliphatic rings. The van der Waals surface area contributed by atoms with Gasteiger partial charge in [0.15, 0.2) is 0 Å². The van der Waals surface area contributed by atoms with Gasteiger partial charge in [-0.2, -0.15) is 5.10 Å². The number of rotatable bonds is 3. The molecule has 1 aliphatic heterocycles. The van der Waals surface area contributed by atoms with Crippen molar-refractivity contribution in [2.75, 3.05) is 12.3 Å². The summed E-state index contributed by atoms with van der Waals surface area (Å²) >= 11 is 13.9. The SMILES string of the molecule is O=C(Cn1cncn1)N1CCSC1c1ccc(Cl)cc1Cl. The maximum absolute atomic E-state index is 12.4. The molecule has 0 radical (unpaired) electrons. The molecule has 110 valence electrons. The lowest BCUT2D eigenvalue weighted by Gasteiger charge is -2.24. The van der Waals surface area contributed by atoms with Crippen molar-refractivity contribution < 1.29 is 4.79 Å². The topological polar surface area (TPSA) is 51.0 Å². The van der Waals surface area contributed by atoms with Crippen LogP contribution in [0.5, 0.6) is 0 Å². The Bertz CT molecular complexity index is 650. The van der Waals surface area contributed by atoms with Crippen LogP contribution in [0, 0.1) is 0 Å². The smallest absolute Gasteiger partial charge is 0.245 e. The molecule has 1 atom stereocenters. The van der Waals surface area contributed by atoms with Crippen molar-refractivity contribution in [3.8, 4) is 0 Å². The number of benzene rings is 1. The molecule has 3 rings (SSSR count). The van der Waals surface area contributed by atoms with Crippen LogP contribution in [-0.4, -0.2) is 37.9 Å². The molecule has 21 heavy (non-hydrogen) atoms. The number of hydrogen-bond acceptors (Lipinski definition) is 4. The Morgan fingerprint density at radius 3 is 3.00 bits per heavy atom. The second kappa shape index (κ2) is 6.25. The Balaban J connectivity index is 1.80. The first-order valence-electron chi connectivity index (χ1n) is 6.33. The van der Waals surface area contributed by atoms with Crippen molar-refractivity contribution >= 4 is 40.9 Å². The number of carbonyl (C=O) groups excluding carboxylic acids is 1. The van der Waals surface area contributed by atoms with Crippen molar-refractivity contribution in [1.29, 1.82) is 0 Å². The third-order valence-corrected chi connectivity index (χ3v) is 5.01. The van der Waals surface area contributed by atoms with Gasteiger partial charge in [0.05, 0.1) is 0 Å². The van der Waals surface area contributed by atoms with Gasteiger partial charge in [0.2, 0.25) is 5.91 Å². The molecule has 0 bridgehead atoms. The minimum absolute atomic E-state index is 0.00140. The Morgan fingerprint density at radius 1 is 1.43 bits per heavy atom. The number of hydrogen-bond donors (Lipinski definition) is 0. The van der Waals surface area contributed by atoms with Gasteiger partial charge in [-0.25, -0.2) is 9.67 Å². The highest BCUT2D eigenvalue weighted by Crippen LogP contribution is 2.41. The fraction of sp³-hybridized carbons (Fsp3) is 0.308. The maximum atomic E-state index is 12.4. The molecule has 0 aliphatic carbocycles. The second-order valence-electron chi connectivity index (χ2n) is 4.57. The molecular formula is C13H12Cl2N4OS. The van der Waals surface area contributed by atoms with Crippen LogP contribution < -0.4 is 0 Å². The Morgan fingerprint density at radius 2 is 2.29 bits per heavy atom. The van der Waals surface area contributed by atoms with E-state index in [0.717, 1.165) is 11.3 Å². The fourth-order valence-corrected chi connectivity index (χ4v) is 4.12. The van der Waals surface area contributed by atoms with E-state index < -0.39 is 0 Å².